The molecule has 1 atom stereocenters. The van der Waals surface area contributed by atoms with Gasteiger partial charge in [-0.15, -0.1) is 0 Å². The highest BCUT2D eigenvalue weighted by molar-refractivity contribution is 6.35. The van der Waals surface area contributed by atoms with Crippen molar-refractivity contribution in [2.24, 2.45) is 0 Å². The Bertz CT molecular complexity index is 847. The van der Waals surface area contributed by atoms with Crippen molar-refractivity contribution in [3.63, 3.8) is 0 Å². The minimum Gasteiger partial charge on any atom is -0.476 e. The fourth-order valence-corrected chi connectivity index (χ4v) is 3.53. The molecule has 1 saturated heterocycles. The zero-order valence-electron chi connectivity index (χ0n) is 14.8. The molecule has 2 aromatic rings. The fraction of sp³-hybridized carbons (Fsp3) is 0.389. The molecule has 0 bridgehead atoms. The van der Waals surface area contributed by atoms with Gasteiger partial charge in [0.25, 0.3) is 0 Å². The number of rotatable bonds is 5. The molecule has 1 amide bonds. The van der Waals surface area contributed by atoms with E-state index in [0.29, 0.717) is 29.7 Å². The number of carbonyl (C=O) groups excluding carboxylic acids is 1. The van der Waals surface area contributed by atoms with Crippen LogP contribution in [-0.2, 0) is 11.3 Å². The molecule has 0 aliphatic carbocycles. The molecule has 144 valence electrons. The average Bonchev–Trinajstić information content (AvgIpc) is 3.14. The predicted octanol–water partition coefficient (Wildman–Crippen LogP) is 2.79. The van der Waals surface area contributed by atoms with Crippen molar-refractivity contribution in [1.82, 2.24) is 19.6 Å². The quantitative estimate of drug-likeness (QED) is 0.819. The number of hydrogen-bond donors (Lipinski definition) is 1. The Balaban J connectivity index is 1.56. The zero-order chi connectivity index (χ0) is 19.6. The number of aromatic carboxylic acids is 1. The van der Waals surface area contributed by atoms with Crippen LogP contribution < -0.4 is 0 Å². The van der Waals surface area contributed by atoms with E-state index in [0.717, 1.165) is 18.7 Å². The third-order valence-corrected chi connectivity index (χ3v) is 5.26. The second-order valence-corrected chi connectivity index (χ2v) is 7.34. The molecule has 1 aromatic heterocycles. The maximum Gasteiger partial charge on any atom is 0.356 e. The van der Waals surface area contributed by atoms with E-state index >= 15 is 0 Å². The lowest BCUT2D eigenvalue weighted by Crippen LogP contribution is -2.50. The number of carboxylic acids is 1. The van der Waals surface area contributed by atoms with Crippen molar-refractivity contribution < 1.29 is 14.7 Å². The second-order valence-electron chi connectivity index (χ2n) is 6.50. The first-order chi connectivity index (χ1) is 12.8. The minimum absolute atomic E-state index is 0.0701. The molecule has 0 spiro atoms. The number of hydrogen-bond acceptors (Lipinski definition) is 4. The zero-order valence-corrected chi connectivity index (χ0v) is 16.3. The van der Waals surface area contributed by atoms with Crippen LogP contribution in [0.1, 0.15) is 29.0 Å². The summed E-state index contributed by atoms with van der Waals surface area (Å²) >= 11 is 12.2. The molecule has 9 heteroatoms. The average molecular weight is 411 g/mol. The van der Waals surface area contributed by atoms with Crippen LogP contribution in [0.4, 0.5) is 0 Å². The van der Waals surface area contributed by atoms with Crippen molar-refractivity contribution in [3.05, 3.63) is 51.8 Å². The van der Waals surface area contributed by atoms with Gasteiger partial charge in [0.15, 0.2) is 5.69 Å². The lowest BCUT2D eigenvalue weighted by Gasteiger charge is -2.36. The summed E-state index contributed by atoms with van der Waals surface area (Å²) in [6, 6.07) is 6.31. The summed E-state index contributed by atoms with van der Waals surface area (Å²) in [6.07, 6.45) is 1.52. The Hall–Kier alpha value is -2.09. The van der Waals surface area contributed by atoms with Gasteiger partial charge in [0.05, 0.1) is 0 Å². The van der Waals surface area contributed by atoms with Gasteiger partial charge in [0, 0.05) is 49.0 Å². The van der Waals surface area contributed by atoms with Gasteiger partial charge in [0.1, 0.15) is 6.04 Å². The highest BCUT2D eigenvalue weighted by Crippen LogP contribution is 2.23. The largest absolute Gasteiger partial charge is 0.476 e. The van der Waals surface area contributed by atoms with Crippen LogP contribution in [0.2, 0.25) is 10.0 Å². The van der Waals surface area contributed by atoms with Gasteiger partial charge in [-0.3, -0.25) is 14.4 Å². The van der Waals surface area contributed by atoms with E-state index in [9.17, 15) is 9.59 Å². The van der Waals surface area contributed by atoms with Gasteiger partial charge in [-0.25, -0.2) is 4.79 Å². The van der Waals surface area contributed by atoms with Crippen molar-refractivity contribution >= 4 is 35.1 Å². The number of benzene rings is 1. The molecule has 1 aliphatic rings. The summed E-state index contributed by atoms with van der Waals surface area (Å²) in [5.74, 6) is -1.18. The first kappa shape index (κ1) is 19.7. The maximum atomic E-state index is 12.7. The van der Waals surface area contributed by atoms with E-state index in [1.807, 2.05) is 12.1 Å². The van der Waals surface area contributed by atoms with Crippen molar-refractivity contribution in [2.45, 2.75) is 19.5 Å². The standard InChI is InChI=1S/C18H20Cl2N4O3/c1-12(24-5-4-16(21-24)18(26)27)17(25)23-8-6-22(7-9-23)11-13-2-3-14(19)10-15(13)20/h2-5,10,12H,6-9,11H2,1H3,(H,26,27). The van der Waals surface area contributed by atoms with E-state index in [4.69, 9.17) is 28.3 Å². The normalized spacial score (nSPS) is 16.3. The third-order valence-electron chi connectivity index (χ3n) is 4.67. The highest BCUT2D eigenvalue weighted by atomic mass is 35.5. The molecular formula is C18H20Cl2N4O3. The molecule has 0 saturated carbocycles. The molecule has 3 rings (SSSR count). The number of nitrogens with zero attached hydrogens (tertiary/aromatic N) is 4. The maximum absolute atomic E-state index is 12.7. The van der Waals surface area contributed by atoms with Gasteiger partial charge in [-0.1, -0.05) is 29.3 Å². The van der Waals surface area contributed by atoms with E-state index < -0.39 is 12.0 Å². The van der Waals surface area contributed by atoms with Crippen LogP contribution in [0, 0.1) is 0 Å². The molecule has 1 N–H and O–H groups in total. The summed E-state index contributed by atoms with van der Waals surface area (Å²) < 4.78 is 1.39. The highest BCUT2D eigenvalue weighted by Gasteiger charge is 2.27. The second kappa shape index (κ2) is 8.29. The molecule has 2 heterocycles. The topological polar surface area (TPSA) is 78.7 Å². The number of aromatic nitrogens is 2. The van der Waals surface area contributed by atoms with Crippen LogP contribution >= 0.6 is 23.2 Å². The van der Waals surface area contributed by atoms with E-state index in [1.54, 1.807) is 17.9 Å². The van der Waals surface area contributed by atoms with Crippen molar-refractivity contribution in [2.75, 3.05) is 26.2 Å². The van der Waals surface area contributed by atoms with Crippen molar-refractivity contribution in [1.29, 1.82) is 0 Å². The van der Waals surface area contributed by atoms with E-state index in [1.165, 1.54) is 16.9 Å². The molecule has 1 unspecified atom stereocenters. The van der Waals surface area contributed by atoms with Gasteiger partial charge in [-0.05, 0) is 30.7 Å². The van der Waals surface area contributed by atoms with Gasteiger partial charge in [-0.2, -0.15) is 5.10 Å². The Morgan fingerprint density at radius 3 is 2.48 bits per heavy atom. The van der Waals surface area contributed by atoms with Gasteiger partial charge >= 0.3 is 5.97 Å². The van der Waals surface area contributed by atoms with Crippen LogP contribution in [0.3, 0.4) is 0 Å². The Labute approximate surface area is 167 Å². The number of carboxylic acid groups (broad SMARTS) is 1. The van der Waals surface area contributed by atoms with Crippen LogP contribution in [-0.4, -0.2) is 62.7 Å². The number of halogens is 2. The molecule has 1 aliphatic heterocycles. The van der Waals surface area contributed by atoms with Gasteiger partial charge < -0.3 is 10.0 Å². The Morgan fingerprint density at radius 2 is 1.89 bits per heavy atom. The Kier molecular flexibility index (Phi) is 6.04. The molecule has 0 radical (unpaired) electrons. The summed E-state index contributed by atoms with van der Waals surface area (Å²) in [5, 5.41) is 14.2. The SMILES string of the molecule is CC(C(=O)N1CCN(Cc2ccc(Cl)cc2Cl)CC1)n1ccc(C(=O)O)n1. The van der Waals surface area contributed by atoms with Crippen molar-refractivity contribution in [3.8, 4) is 0 Å². The lowest BCUT2D eigenvalue weighted by atomic mass is 10.2. The smallest absolute Gasteiger partial charge is 0.356 e. The van der Waals surface area contributed by atoms with E-state index in [2.05, 4.69) is 10.00 Å². The molecule has 1 fully saturated rings. The molecular weight excluding hydrogens is 391 g/mol. The summed E-state index contributed by atoms with van der Waals surface area (Å²) in [5.41, 5.74) is 0.936. The molecule has 7 nitrogen and oxygen atoms in total. The number of amides is 1. The fourth-order valence-electron chi connectivity index (χ4n) is 3.06. The Morgan fingerprint density at radius 1 is 1.19 bits per heavy atom. The summed E-state index contributed by atoms with van der Waals surface area (Å²) in [7, 11) is 0. The van der Waals surface area contributed by atoms with Crippen LogP contribution in [0.15, 0.2) is 30.5 Å². The minimum atomic E-state index is -1.11. The summed E-state index contributed by atoms with van der Waals surface area (Å²) in [6.45, 7) is 5.09. The molecule has 1 aromatic carbocycles. The monoisotopic (exact) mass is 410 g/mol. The van der Waals surface area contributed by atoms with Crippen LogP contribution in [0.25, 0.3) is 0 Å². The van der Waals surface area contributed by atoms with E-state index in [-0.39, 0.29) is 11.6 Å². The van der Waals surface area contributed by atoms with Crippen LogP contribution in [0.5, 0.6) is 0 Å². The lowest BCUT2D eigenvalue weighted by molar-refractivity contribution is -0.136. The number of carbonyl (C=O) groups is 2. The number of piperazine rings is 1. The predicted molar refractivity (Wildman–Crippen MR) is 102 cm³/mol. The first-order valence-electron chi connectivity index (χ1n) is 8.58. The molecule has 27 heavy (non-hydrogen) atoms. The summed E-state index contributed by atoms with van der Waals surface area (Å²) in [4.78, 5) is 27.7. The van der Waals surface area contributed by atoms with Gasteiger partial charge in [0.2, 0.25) is 5.91 Å². The first-order valence-corrected chi connectivity index (χ1v) is 9.34. The third kappa shape index (κ3) is 4.61.